The summed E-state index contributed by atoms with van der Waals surface area (Å²) in [6, 6.07) is 7.22. The number of carbonyl (C=O) groups excluding carboxylic acids is 1. The van der Waals surface area contributed by atoms with E-state index in [9.17, 15) is 4.79 Å². The van der Waals surface area contributed by atoms with E-state index in [-0.39, 0.29) is 5.95 Å². The highest BCUT2D eigenvalue weighted by atomic mass is 32.1. The zero-order valence-electron chi connectivity index (χ0n) is 19.1. The van der Waals surface area contributed by atoms with E-state index in [1.165, 1.54) is 12.8 Å². The summed E-state index contributed by atoms with van der Waals surface area (Å²) in [5.41, 5.74) is 6.83. The van der Waals surface area contributed by atoms with E-state index in [1.807, 2.05) is 17.0 Å². The summed E-state index contributed by atoms with van der Waals surface area (Å²) >= 11 is 1.60. The fraction of sp³-hybridized carbons (Fsp3) is 0.478. The molecule has 0 radical (unpaired) electrons. The minimum atomic E-state index is -0.652. The van der Waals surface area contributed by atoms with Crippen LogP contribution in [0.3, 0.4) is 0 Å². The number of thiazole rings is 1. The lowest BCUT2D eigenvalue weighted by atomic mass is 10.2. The lowest BCUT2D eigenvalue weighted by Crippen LogP contribution is -2.53. The number of benzene rings is 1. The molecule has 4 rings (SSSR count). The van der Waals surface area contributed by atoms with Crippen molar-refractivity contribution in [3.63, 3.8) is 0 Å². The molecule has 1 aliphatic rings. The van der Waals surface area contributed by atoms with Gasteiger partial charge in [0.05, 0.1) is 12.1 Å². The molecule has 3 aromatic rings. The molecule has 2 aromatic heterocycles. The third-order valence-corrected chi connectivity index (χ3v) is 6.71. The molecule has 2 N–H and O–H groups in total. The first-order valence-electron chi connectivity index (χ1n) is 11.3. The standard InChI is InChI=1S/C23H30N6O3S/c1-3-4-5-6-18-25-20-21(26-23(24)27-22(20)33-18)29-13-11-28(12-14-29)19(15-30)32-17-9-7-16(31-2)8-10-17/h7-10,15,19H,3-6,11-14H2,1-2H3,(H2,24,26,27). The van der Waals surface area contributed by atoms with Crippen LogP contribution in [-0.2, 0) is 11.2 Å². The fourth-order valence-corrected chi connectivity index (χ4v) is 4.87. The third-order valence-electron chi connectivity index (χ3n) is 5.70. The first-order chi connectivity index (χ1) is 16.1. The topological polar surface area (TPSA) is 107 Å². The minimum absolute atomic E-state index is 0.261. The number of hydrogen-bond acceptors (Lipinski definition) is 10. The van der Waals surface area contributed by atoms with Crippen LogP contribution in [0, 0.1) is 0 Å². The van der Waals surface area contributed by atoms with E-state index >= 15 is 0 Å². The van der Waals surface area contributed by atoms with Crippen LogP contribution < -0.4 is 20.1 Å². The predicted octanol–water partition coefficient (Wildman–Crippen LogP) is 3.14. The molecule has 9 nitrogen and oxygen atoms in total. The number of rotatable bonds is 10. The van der Waals surface area contributed by atoms with Gasteiger partial charge < -0.3 is 20.1 Å². The number of unbranched alkanes of at least 4 members (excludes halogenated alkanes) is 2. The zero-order chi connectivity index (χ0) is 23.2. The van der Waals surface area contributed by atoms with Crippen LogP contribution in [0.25, 0.3) is 10.3 Å². The monoisotopic (exact) mass is 470 g/mol. The summed E-state index contributed by atoms with van der Waals surface area (Å²) in [4.78, 5) is 30.5. The molecule has 0 saturated carbocycles. The number of carbonyl (C=O) groups is 1. The quantitative estimate of drug-likeness (QED) is 0.353. The minimum Gasteiger partial charge on any atom is -0.497 e. The molecule has 0 spiro atoms. The van der Waals surface area contributed by atoms with Crippen molar-refractivity contribution in [3.05, 3.63) is 29.3 Å². The van der Waals surface area contributed by atoms with E-state index in [0.29, 0.717) is 31.9 Å². The van der Waals surface area contributed by atoms with Gasteiger partial charge >= 0.3 is 0 Å². The maximum Gasteiger partial charge on any atom is 0.223 e. The molecule has 1 fully saturated rings. The number of aromatic nitrogens is 3. The average Bonchev–Trinajstić information content (AvgIpc) is 3.25. The SMILES string of the molecule is CCCCCc1nc2c(N3CCN(C(C=O)Oc4ccc(OC)cc4)CC3)nc(N)nc2s1. The van der Waals surface area contributed by atoms with Crippen molar-refractivity contribution >= 4 is 39.7 Å². The molecule has 10 heteroatoms. The Labute approximate surface area is 197 Å². The molecule has 1 saturated heterocycles. The molecule has 0 amide bonds. The Morgan fingerprint density at radius 1 is 1.09 bits per heavy atom. The summed E-state index contributed by atoms with van der Waals surface area (Å²) in [6.45, 7) is 4.87. The number of ether oxygens (including phenoxy) is 2. The maximum atomic E-state index is 11.8. The number of aldehydes is 1. The lowest BCUT2D eigenvalue weighted by molar-refractivity contribution is -0.121. The first-order valence-corrected chi connectivity index (χ1v) is 12.1. The Morgan fingerprint density at radius 2 is 1.82 bits per heavy atom. The number of aryl methyl sites for hydroxylation is 1. The highest BCUT2D eigenvalue weighted by Crippen LogP contribution is 2.30. The second-order valence-corrected chi connectivity index (χ2v) is 9.03. The summed E-state index contributed by atoms with van der Waals surface area (Å²) in [5.74, 6) is 2.40. The molecule has 3 heterocycles. The predicted molar refractivity (Wildman–Crippen MR) is 130 cm³/mol. The van der Waals surface area contributed by atoms with Gasteiger partial charge in [0.25, 0.3) is 0 Å². The van der Waals surface area contributed by atoms with Crippen LogP contribution in [0.1, 0.15) is 31.2 Å². The van der Waals surface area contributed by atoms with Crippen molar-refractivity contribution < 1.29 is 14.3 Å². The van der Waals surface area contributed by atoms with Crippen LogP contribution in [0.5, 0.6) is 11.5 Å². The number of methoxy groups -OCH3 is 1. The van der Waals surface area contributed by atoms with Crippen LogP contribution in [0.2, 0.25) is 0 Å². The Bertz CT molecular complexity index is 1070. The van der Waals surface area contributed by atoms with Crippen molar-refractivity contribution in [1.29, 1.82) is 0 Å². The van der Waals surface area contributed by atoms with Crippen molar-refractivity contribution in [1.82, 2.24) is 19.9 Å². The van der Waals surface area contributed by atoms with E-state index in [2.05, 4.69) is 21.8 Å². The Hall–Kier alpha value is -2.98. The number of anilines is 2. The number of hydrogen-bond donors (Lipinski definition) is 1. The van der Waals surface area contributed by atoms with Gasteiger partial charge in [0, 0.05) is 26.2 Å². The third kappa shape index (κ3) is 5.51. The number of nitrogen functional groups attached to an aromatic ring is 1. The molecule has 1 atom stereocenters. The van der Waals surface area contributed by atoms with Gasteiger partial charge in [-0.05, 0) is 37.1 Å². The van der Waals surface area contributed by atoms with Crippen molar-refractivity contribution in [2.45, 2.75) is 38.8 Å². The molecular weight excluding hydrogens is 440 g/mol. The summed E-state index contributed by atoms with van der Waals surface area (Å²) in [6.07, 6.45) is 4.62. The first kappa shape index (κ1) is 23.2. The van der Waals surface area contributed by atoms with Gasteiger partial charge in [0.2, 0.25) is 12.2 Å². The highest BCUT2D eigenvalue weighted by Gasteiger charge is 2.27. The molecule has 1 aromatic carbocycles. The number of nitrogens with zero attached hydrogens (tertiary/aromatic N) is 5. The van der Waals surface area contributed by atoms with Gasteiger partial charge in [-0.3, -0.25) is 9.69 Å². The van der Waals surface area contributed by atoms with Gasteiger partial charge in [-0.2, -0.15) is 4.98 Å². The van der Waals surface area contributed by atoms with Crippen LogP contribution >= 0.6 is 11.3 Å². The molecule has 176 valence electrons. The van der Waals surface area contributed by atoms with Crippen LogP contribution in [0.4, 0.5) is 11.8 Å². The van der Waals surface area contributed by atoms with Crippen LogP contribution in [0.15, 0.2) is 24.3 Å². The van der Waals surface area contributed by atoms with Gasteiger partial charge in [-0.15, -0.1) is 0 Å². The zero-order valence-corrected chi connectivity index (χ0v) is 19.9. The van der Waals surface area contributed by atoms with Crippen molar-refractivity contribution in [2.75, 3.05) is 43.9 Å². The van der Waals surface area contributed by atoms with Gasteiger partial charge in [-0.25, -0.2) is 9.97 Å². The molecule has 0 aliphatic carbocycles. The Balaban J connectivity index is 1.43. The molecule has 33 heavy (non-hydrogen) atoms. The Kier molecular flexibility index (Phi) is 7.56. The summed E-state index contributed by atoms with van der Waals surface area (Å²) in [5, 5.41) is 1.08. The molecule has 0 bridgehead atoms. The summed E-state index contributed by atoms with van der Waals surface area (Å²) < 4.78 is 11.1. The van der Waals surface area contributed by atoms with Gasteiger partial charge in [-0.1, -0.05) is 31.1 Å². The fourth-order valence-electron chi connectivity index (χ4n) is 3.89. The molecule has 1 aliphatic heterocycles. The van der Waals surface area contributed by atoms with Crippen LogP contribution in [-0.4, -0.2) is 65.7 Å². The number of nitrogens with two attached hydrogens (primary N) is 1. The van der Waals surface area contributed by atoms with Crippen molar-refractivity contribution in [2.24, 2.45) is 0 Å². The number of piperazine rings is 1. The van der Waals surface area contributed by atoms with E-state index in [0.717, 1.165) is 46.0 Å². The lowest BCUT2D eigenvalue weighted by Gasteiger charge is -2.37. The highest BCUT2D eigenvalue weighted by molar-refractivity contribution is 7.18. The smallest absolute Gasteiger partial charge is 0.223 e. The maximum absolute atomic E-state index is 11.8. The van der Waals surface area contributed by atoms with Gasteiger partial charge in [0.1, 0.15) is 17.0 Å². The van der Waals surface area contributed by atoms with Gasteiger partial charge in [0.15, 0.2) is 16.9 Å². The largest absolute Gasteiger partial charge is 0.497 e. The summed E-state index contributed by atoms with van der Waals surface area (Å²) in [7, 11) is 1.61. The van der Waals surface area contributed by atoms with E-state index in [4.69, 9.17) is 20.2 Å². The normalized spacial score (nSPS) is 15.5. The molecular formula is C23H30N6O3S. The average molecular weight is 471 g/mol. The second-order valence-electron chi connectivity index (χ2n) is 7.97. The van der Waals surface area contributed by atoms with E-state index < -0.39 is 6.23 Å². The van der Waals surface area contributed by atoms with Crippen molar-refractivity contribution in [3.8, 4) is 11.5 Å². The van der Waals surface area contributed by atoms with E-state index in [1.54, 1.807) is 30.6 Å². The second kappa shape index (κ2) is 10.8. The Morgan fingerprint density at radius 3 is 2.48 bits per heavy atom. The molecule has 1 unspecified atom stereocenters. The number of fused-ring (bicyclic) bond motifs is 1.